The van der Waals surface area contributed by atoms with E-state index in [1.165, 1.54) is 30.7 Å². The summed E-state index contributed by atoms with van der Waals surface area (Å²) in [5, 5.41) is 11.8. The second-order valence-corrected chi connectivity index (χ2v) is 9.25. The molecule has 1 aromatic heterocycles. The molecule has 0 atom stereocenters. The molecule has 1 heterocycles. The predicted octanol–water partition coefficient (Wildman–Crippen LogP) is 0.597. The summed E-state index contributed by atoms with van der Waals surface area (Å²) in [6, 6.07) is 0. The summed E-state index contributed by atoms with van der Waals surface area (Å²) in [7, 11) is -0.0862. The van der Waals surface area contributed by atoms with E-state index in [-0.39, 0.29) is 5.75 Å². The number of tetrazole rings is 1. The van der Waals surface area contributed by atoms with Crippen molar-refractivity contribution in [3.8, 4) is 0 Å². The fourth-order valence-electron chi connectivity index (χ4n) is 1.35. The van der Waals surface area contributed by atoms with Gasteiger partial charge >= 0.3 is 0 Å². The summed E-state index contributed by atoms with van der Waals surface area (Å²) < 4.78 is 35.0. The number of ether oxygens (including phenoxy) is 2. The Balaban J connectivity index is 2.60. The monoisotopic (exact) mass is 338 g/mol. The van der Waals surface area contributed by atoms with E-state index in [1.807, 2.05) is 0 Å². The van der Waals surface area contributed by atoms with Gasteiger partial charge in [-0.3, -0.25) is 0 Å². The van der Waals surface area contributed by atoms with Crippen LogP contribution in [0.5, 0.6) is 0 Å². The van der Waals surface area contributed by atoms with Gasteiger partial charge in [0.05, 0.1) is 17.0 Å². The van der Waals surface area contributed by atoms with Gasteiger partial charge in [-0.05, 0) is 31.2 Å². The van der Waals surface area contributed by atoms with Crippen molar-refractivity contribution in [2.24, 2.45) is 0 Å². The summed E-state index contributed by atoms with van der Waals surface area (Å²) in [5.74, 6) is 0.469. The molecule has 0 fully saturated rings. The molecule has 0 saturated carbocycles. The molecule has 21 heavy (non-hydrogen) atoms. The molecule has 0 amide bonds. The molecule has 0 radical (unpaired) electrons. The lowest BCUT2D eigenvalue weighted by Crippen LogP contribution is -2.31. The quantitative estimate of drug-likeness (QED) is 0.502. The molecule has 0 N–H and O–H groups in total. The molecule has 0 aliphatic heterocycles. The maximum atomic E-state index is 12.0. The average molecular weight is 338 g/mol. The van der Waals surface area contributed by atoms with Crippen molar-refractivity contribution in [2.75, 3.05) is 25.7 Å². The van der Waals surface area contributed by atoms with Gasteiger partial charge in [-0.2, -0.15) is 0 Å². The van der Waals surface area contributed by atoms with Gasteiger partial charge in [-0.25, -0.2) is 13.1 Å². The van der Waals surface area contributed by atoms with Crippen molar-refractivity contribution >= 4 is 21.6 Å². The minimum atomic E-state index is -3.14. The maximum Gasteiger partial charge on any atom is 0.209 e. The number of thioether (sulfide) groups is 1. The SMILES string of the molecule is COC(Cn1nnnc1SCCS(=O)(=O)C(C)(C)C)OC. The van der Waals surface area contributed by atoms with Gasteiger partial charge in [0.15, 0.2) is 16.1 Å². The van der Waals surface area contributed by atoms with Crippen LogP contribution in [0.2, 0.25) is 0 Å². The number of hydrogen-bond acceptors (Lipinski definition) is 8. The highest BCUT2D eigenvalue weighted by atomic mass is 32.2. The smallest absolute Gasteiger partial charge is 0.209 e. The number of nitrogens with zero attached hydrogens (tertiary/aromatic N) is 4. The van der Waals surface area contributed by atoms with Crippen LogP contribution in [0.3, 0.4) is 0 Å². The Bertz CT molecular complexity index is 535. The minimum absolute atomic E-state index is 0.0754. The summed E-state index contributed by atoms with van der Waals surface area (Å²) in [6.07, 6.45) is -0.453. The van der Waals surface area contributed by atoms with Crippen LogP contribution < -0.4 is 0 Å². The van der Waals surface area contributed by atoms with E-state index in [1.54, 1.807) is 20.8 Å². The number of methoxy groups -OCH3 is 2. The molecular formula is C11H22N4O4S2. The number of hydrogen-bond donors (Lipinski definition) is 0. The number of rotatable bonds is 8. The van der Waals surface area contributed by atoms with E-state index >= 15 is 0 Å². The third-order valence-corrected chi connectivity index (χ3v) is 6.69. The van der Waals surface area contributed by atoms with Crippen LogP contribution in [0.25, 0.3) is 0 Å². The molecule has 10 heteroatoms. The van der Waals surface area contributed by atoms with Gasteiger partial charge in [-0.1, -0.05) is 11.8 Å². The minimum Gasteiger partial charge on any atom is -0.354 e. The average Bonchev–Trinajstić information content (AvgIpc) is 2.81. The van der Waals surface area contributed by atoms with E-state index in [0.717, 1.165) is 0 Å². The highest BCUT2D eigenvalue weighted by Crippen LogP contribution is 2.20. The van der Waals surface area contributed by atoms with Crippen molar-refractivity contribution in [3.63, 3.8) is 0 Å². The van der Waals surface area contributed by atoms with Gasteiger partial charge in [0.1, 0.15) is 0 Å². The van der Waals surface area contributed by atoms with Crippen LogP contribution in [-0.4, -0.2) is 65.4 Å². The molecule has 122 valence electrons. The largest absolute Gasteiger partial charge is 0.354 e. The van der Waals surface area contributed by atoms with Gasteiger partial charge in [0.25, 0.3) is 0 Å². The molecule has 0 saturated heterocycles. The van der Waals surface area contributed by atoms with Crippen molar-refractivity contribution in [2.45, 2.75) is 43.5 Å². The fraction of sp³-hybridized carbons (Fsp3) is 0.909. The molecule has 0 aromatic carbocycles. The Morgan fingerprint density at radius 3 is 2.43 bits per heavy atom. The molecule has 8 nitrogen and oxygen atoms in total. The van der Waals surface area contributed by atoms with E-state index in [0.29, 0.717) is 17.5 Å². The summed E-state index contributed by atoms with van der Waals surface area (Å²) in [5.41, 5.74) is 0. The van der Waals surface area contributed by atoms with Crippen LogP contribution in [0, 0.1) is 0 Å². The topological polar surface area (TPSA) is 96.2 Å². The first-order valence-electron chi connectivity index (χ1n) is 6.38. The third kappa shape index (κ3) is 5.20. The Labute approximate surface area is 129 Å². The van der Waals surface area contributed by atoms with Crippen molar-refractivity contribution in [1.82, 2.24) is 20.2 Å². The lowest BCUT2D eigenvalue weighted by Gasteiger charge is -2.18. The normalized spacial score (nSPS) is 13.0. The lowest BCUT2D eigenvalue weighted by molar-refractivity contribution is -0.113. The number of sulfone groups is 1. The van der Waals surface area contributed by atoms with E-state index in [9.17, 15) is 8.42 Å². The molecule has 1 aromatic rings. The van der Waals surface area contributed by atoms with Crippen LogP contribution in [0.4, 0.5) is 0 Å². The number of aromatic nitrogens is 4. The van der Waals surface area contributed by atoms with Crippen molar-refractivity contribution < 1.29 is 17.9 Å². The van der Waals surface area contributed by atoms with Crippen molar-refractivity contribution in [1.29, 1.82) is 0 Å². The van der Waals surface area contributed by atoms with Gasteiger partial charge in [0, 0.05) is 20.0 Å². The van der Waals surface area contributed by atoms with Crippen molar-refractivity contribution in [3.05, 3.63) is 0 Å². The van der Waals surface area contributed by atoms with Gasteiger partial charge in [-0.15, -0.1) is 5.10 Å². The van der Waals surface area contributed by atoms with E-state index in [2.05, 4.69) is 15.5 Å². The molecular weight excluding hydrogens is 316 g/mol. The molecule has 0 unspecified atom stereocenters. The van der Waals surface area contributed by atoms with Crippen LogP contribution in [0.1, 0.15) is 20.8 Å². The maximum absolute atomic E-state index is 12.0. The first kappa shape index (κ1) is 18.3. The highest BCUT2D eigenvalue weighted by molar-refractivity contribution is 8.00. The summed E-state index contributed by atoms with van der Waals surface area (Å²) in [4.78, 5) is 0. The Hall–Kier alpha value is -0.710. The Morgan fingerprint density at radius 1 is 1.29 bits per heavy atom. The molecule has 1 rings (SSSR count). The molecule has 0 spiro atoms. The lowest BCUT2D eigenvalue weighted by atomic mass is 10.3. The summed E-state index contributed by atoms with van der Waals surface area (Å²) in [6.45, 7) is 5.42. The Kier molecular flexibility index (Phi) is 6.57. The zero-order chi connectivity index (χ0) is 16.1. The van der Waals surface area contributed by atoms with Crippen LogP contribution >= 0.6 is 11.8 Å². The van der Waals surface area contributed by atoms with Crippen LogP contribution in [-0.2, 0) is 25.9 Å². The van der Waals surface area contributed by atoms with Gasteiger partial charge < -0.3 is 9.47 Å². The summed E-state index contributed by atoms with van der Waals surface area (Å²) >= 11 is 1.30. The predicted molar refractivity (Wildman–Crippen MR) is 79.9 cm³/mol. The van der Waals surface area contributed by atoms with E-state index in [4.69, 9.17) is 9.47 Å². The first-order chi connectivity index (χ1) is 9.71. The molecule has 0 aliphatic rings. The van der Waals surface area contributed by atoms with Crippen LogP contribution in [0.15, 0.2) is 5.16 Å². The molecule has 0 aliphatic carbocycles. The second kappa shape index (κ2) is 7.52. The molecule has 0 bridgehead atoms. The third-order valence-electron chi connectivity index (χ3n) is 2.86. The Morgan fingerprint density at radius 2 is 1.90 bits per heavy atom. The van der Waals surface area contributed by atoms with Gasteiger partial charge in [0.2, 0.25) is 5.16 Å². The highest BCUT2D eigenvalue weighted by Gasteiger charge is 2.28. The zero-order valence-electron chi connectivity index (χ0n) is 12.9. The second-order valence-electron chi connectivity index (χ2n) is 5.32. The first-order valence-corrected chi connectivity index (χ1v) is 9.02. The van der Waals surface area contributed by atoms with E-state index < -0.39 is 20.9 Å². The fourth-order valence-corrected chi connectivity index (χ4v) is 3.71. The zero-order valence-corrected chi connectivity index (χ0v) is 14.6. The standard InChI is InChI=1S/C11H22N4O4S2/c1-11(2,3)21(16,17)7-6-20-10-12-13-14-15(10)8-9(18-4)19-5/h9H,6-8H2,1-5H3.